The quantitative estimate of drug-likeness (QED) is 0.643. The molecule has 0 aliphatic heterocycles. The van der Waals surface area contributed by atoms with Gasteiger partial charge >= 0.3 is 0 Å². The second kappa shape index (κ2) is 7.24. The van der Waals surface area contributed by atoms with Crippen molar-refractivity contribution in [2.24, 2.45) is 11.7 Å². The van der Waals surface area contributed by atoms with Crippen molar-refractivity contribution < 1.29 is 0 Å². The predicted molar refractivity (Wildman–Crippen MR) is 62.3 cm³/mol. The van der Waals surface area contributed by atoms with E-state index in [1.807, 2.05) is 0 Å². The third-order valence-corrected chi connectivity index (χ3v) is 3.39. The SMILES string of the molecule is CCC(N)CNCCC1CCCCC1. The summed E-state index contributed by atoms with van der Waals surface area (Å²) in [5.41, 5.74) is 5.83. The Kier molecular flexibility index (Phi) is 6.20. The summed E-state index contributed by atoms with van der Waals surface area (Å²) in [5.74, 6) is 0.995. The van der Waals surface area contributed by atoms with Crippen LogP contribution in [0.4, 0.5) is 0 Å². The van der Waals surface area contributed by atoms with Crippen molar-refractivity contribution in [2.75, 3.05) is 13.1 Å². The molecule has 0 aromatic heterocycles. The van der Waals surface area contributed by atoms with Gasteiger partial charge in [0.15, 0.2) is 0 Å². The average Bonchev–Trinajstić information content (AvgIpc) is 2.25. The molecular formula is C12H26N2. The molecule has 1 aliphatic rings. The molecule has 1 unspecified atom stereocenters. The predicted octanol–water partition coefficient (Wildman–Crippen LogP) is 2.28. The fraction of sp³-hybridized carbons (Fsp3) is 1.00. The fourth-order valence-electron chi connectivity index (χ4n) is 2.21. The molecular weight excluding hydrogens is 172 g/mol. The molecule has 1 rings (SSSR count). The zero-order chi connectivity index (χ0) is 10.2. The van der Waals surface area contributed by atoms with E-state index in [0.717, 1.165) is 18.9 Å². The van der Waals surface area contributed by atoms with E-state index in [2.05, 4.69) is 12.2 Å². The Labute approximate surface area is 88.6 Å². The van der Waals surface area contributed by atoms with Gasteiger partial charge in [-0.2, -0.15) is 0 Å². The molecule has 0 aromatic rings. The summed E-state index contributed by atoms with van der Waals surface area (Å²) >= 11 is 0. The fourth-order valence-corrected chi connectivity index (χ4v) is 2.21. The van der Waals surface area contributed by atoms with Crippen molar-refractivity contribution in [3.05, 3.63) is 0 Å². The molecule has 0 radical (unpaired) electrons. The Morgan fingerprint density at radius 3 is 2.64 bits per heavy atom. The second-order valence-electron chi connectivity index (χ2n) is 4.67. The number of hydrogen-bond acceptors (Lipinski definition) is 2. The Hall–Kier alpha value is -0.0800. The van der Waals surface area contributed by atoms with Gasteiger partial charge in [-0.1, -0.05) is 39.0 Å². The van der Waals surface area contributed by atoms with Gasteiger partial charge in [-0.3, -0.25) is 0 Å². The van der Waals surface area contributed by atoms with Crippen LogP contribution in [0.15, 0.2) is 0 Å². The lowest BCUT2D eigenvalue weighted by Gasteiger charge is -2.21. The van der Waals surface area contributed by atoms with Crippen LogP contribution in [-0.4, -0.2) is 19.1 Å². The second-order valence-corrected chi connectivity index (χ2v) is 4.67. The van der Waals surface area contributed by atoms with E-state index < -0.39 is 0 Å². The van der Waals surface area contributed by atoms with Crippen molar-refractivity contribution in [3.63, 3.8) is 0 Å². The molecule has 3 N–H and O–H groups in total. The highest BCUT2D eigenvalue weighted by atomic mass is 14.9. The minimum atomic E-state index is 0.348. The average molecular weight is 198 g/mol. The summed E-state index contributed by atoms with van der Waals surface area (Å²) in [6.07, 6.45) is 9.73. The highest BCUT2D eigenvalue weighted by molar-refractivity contribution is 4.68. The van der Waals surface area contributed by atoms with Crippen LogP contribution in [0.25, 0.3) is 0 Å². The molecule has 14 heavy (non-hydrogen) atoms. The summed E-state index contributed by atoms with van der Waals surface area (Å²) in [6, 6.07) is 0.348. The maximum atomic E-state index is 5.83. The largest absolute Gasteiger partial charge is 0.327 e. The monoisotopic (exact) mass is 198 g/mol. The van der Waals surface area contributed by atoms with E-state index in [-0.39, 0.29) is 0 Å². The van der Waals surface area contributed by atoms with Gasteiger partial charge in [-0.25, -0.2) is 0 Å². The molecule has 84 valence electrons. The van der Waals surface area contributed by atoms with Gasteiger partial charge in [0.2, 0.25) is 0 Å². The van der Waals surface area contributed by atoms with Crippen molar-refractivity contribution in [3.8, 4) is 0 Å². The Morgan fingerprint density at radius 1 is 1.29 bits per heavy atom. The van der Waals surface area contributed by atoms with Gasteiger partial charge < -0.3 is 11.1 Å². The highest BCUT2D eigenvalue weighted by Gasteiger charge is 2.12. The zero-order valence-corrected chi connectivity index (χ0v) is 9.60. The smallest absolute Gasteiger partial charge is 0.0162 e. The van der Waals surface area contributed by atoms with Crippen LogP contribution in [0.5, 0.6) is 0 Å². The van der Waals surface area contributed by atoms with Crippen LogP contribution in [0.3, 0.4) is 0 Å². The topological polar surface area (TPSA) is 38.0 Å². The first-order valence-corrected chi connectivity index (χ1v) is 6.29. The molecule has 2 heteroatoms. The summed E-state index contributed by atoms with van der Waals surface area (Å²) in [4.78, 5) is 0. The van der Waals surface area contributed by atoms with E-state index in [1.54, 1.807) is 0 Å². The Morgan fingerprint density at radius 2 is 2.00 bits per heavy atom. The molecule has 0 spiro atoms. The number of nitrogens with two attached hydrogens (primary N) is 1. The lowest BCUT2D eigenvalue weighted by atomic mass is 9.87. The van der Waals surface area contributed by atoms with E-state index in [4.69, 9.17) is 5.73 Å². The standard InChI is InChI=1S/C12H26N2/c1-2-12(13)10-14-9-8-11-6-4-3-5-7-11/h11-12,14H,2-10,13H2,1H3. The molecule has 1 aliphatic carbocycles. The van der Waals surface area contributed by atoms with Gasteiger partial charge in [-0.15, -0.1) is 0 Å². The van der Waals surface area contributed by atoms with Crippen LogP contribution < -0.4 is 11.1 Å². The van der Waals surface area contributed by atoms with Gasteiger partial charge in [0.05, 0.1) is 0 Å². The van der Waals surface area contributed by atoms with Crippen LogP contribution in [0.1, 0.15) is 51.9 Å². The molecule has 2 nitrogen and oxygen atoms in total. The summed E-state index contributed by atoms with van der Waals surface area (Å²) in [5, 5.41) is 3.46. The first-order chi connectivity index (χ1) is 6.83. The lowest BCUT2D eigenvalue weighted by molar-refractivity contribution is 0.332. The maximum Gasteiger partial charge on any atom is 0.0162 e. The molecule has 1 fully saturated rings. The number of nitrogens with one attached hydrogen (secondary N) is 1. The van der Waals surface area contributed by atoms with Crippen LogP contribution in [0.2, 0.25) is 0 Å². The summed E-state index contributed by atoms with van der Waals surface area (Å²) < 4.78 is 0. The lowest BCUT2D eigenvalue weighted by Crippen LogP contribution is -2.34. The molecule has 0 heterocycles. The Balaban J connectivity index is 1.92. The first kappa shape index (κ1) is 12.0. The first-order valence-electron chi connectivity index (χ1n) is 6.29. The number of hydrogen-bond donors (Lipinski definition) is 2. The van der Waals surface area contributed by atoms with Gasteiger partial charge in [0, 0.05) is 12.6 Å². The highest BCUT2D eigenvalue weighted by Crippen LogP contribution is 2.25. The molecule has 0 amide bonds. The minimum absolute atomic E-state index is 0.348. The Bertz CT molecular complexity index is 130. The van der Waals surface area contributed by atoms with Crippen molar-refractivity contribution >= 4 is 0 Å². The maximum absolute atomic E-state index is 5.83. The van der Waals surface area contributed by atoms with E-state index in [1.165, 1.54) is 45.1 Å². The molecule has 0 aromatic carbocycles. The van der Waals surface area contributed by atoms with E-state index in [0.29, 0.717) is 6.04 Å². The number of rotatable bonds is 6. The third kappa shape index (κ3) is 4.97. The van der Waals surface area contributed by atoms with E-state index in [9.17, 15) is 0 Å². The van der Waals surface area contributed by atoms with E-state index >= 15 is 0 Å². The summed E-state index contributed by atoms with van der Waals surface area (Å²) in [6.45, 7) is 4.30. The van der Waals surface area contributed by atoms with Crippen molar-refractivity contribution in [1.82, 2.24) is 5.32 Å². The van der Waals surface area contributed by atoms with Crippen molar-refractivity contribution in [1.29, 1.82) is 0 Å². The van der Waals surface area contributed by atoms with Gasteiger partial charge in [0.25, 0.3) is 0 Å². The van der Waals surface area contributed by atoms with Crippen LogP contribution in [-0.2, 0) is 0 Å². The van der Waals surface area contributed by atoms with Gasteiger partial charge in [-0.05, 0) is 25.3 Å². The zero-order valence-electron chi connectivity index (χ0n) is 9.60. The molecule has 0 bridgehead atoms. The van der Waals surface area contributed by atoms with Crippen molar-refractivity contribution in [2.45, 2.75) is 57.9 Å². The molecule has 1 saturated carbocycles. The van der Waals surface area contributed by atoms with Crippen LogP contribution in [0, 0.1) is 5.92 Å². The summed E-state index contributed by atoms with van der Waals surface area (Å²) in [7, 11) is 0. The third-order valence-electron chi connectivity index (χ3n) is 3.39. The minimum Gasteiger partial charge on any atom is -0.327 e. The molecule has 1 atom stereocenters. The molecule has 0 saturated heterocycles. The normalized spacial score (nSPS) is 21.0. The van der Waals surface area contributed by atoms with Gasteiger partial charge in [0.1, 0.15) is 0 Å². The van der Waals surface area contributed by atoms with Crippen LogP contribution >= 0.6 is 0 Å².